The summed E-state index contributed by atoms with van der Waals surface area (Å²) in [5.74, 6) is -0.305. The molecule has 2 atom stereocenters. The summed E-state index contributed by atoms with van der Waals surface area (Å²) in [5, 5.41) is 13.0. The van der Waals surface area contributed by atoms with Crippen LogP contribution >= 0.6 is 0 Å². The van der Waals surface area contributed by atoms with Gasteiger partial charge in [-0.2, -0.15) is 0 Å². The van der Waals surface area contributed by atoms with Crippen LogP contribution in [0.2, 0.25) is 0 Å². The molecule has 0 amide bonds. The highest BCUT2D eigenvalue weighted by Gasteiger charge is 2.35. The normalized spacial score (nSPS) is 24.2. The third-order valence-electron chi connectivity index (χ3n) is 4.79. The number of phenols is 1. The molecule has 2 unspecified atom stereocenters. The van der Waals surface area contributed by atoms with Crippen molar-refractivity contribution in [1.82, 2.24) is 10.2 Å². The Morgan fingerprint density at radius 2 is 2.14 bits per heavy atom. The first kappa shape index (κ1) is 14.8. The molecule has 21 heavy (non-hydrogen) atoms. The molecule has 3 nitrogen and oxygen atoms in total. The molecule has 0 aromatic heterocycles. The molecule has 4 heteroatoms. The Morgan fingerprint density at radius 3 is 2.76 bits per heavy atom. The fraction of sp³-hybridized carbons (Fsp3) is 0.647. The van der Waals surface area contributed by atoms with Gasteiger partial charge in [0.2, 0.25) is 0 Å². The van der Waals surface area contributed by atoms with Crippen LogP contribution in [-0.2, 0) is 0 Å². The van der Waals surface area contributed by atoms with Crippen molar-refractivity contribution >= 4 is 0 Å². The maximum Gasteiger partial charge on any atom is 0.131 e. The fourth-order valence-electron chi connectivity index (χ4n) is 3.40. The van der Waals surface area contributed by atoms with E-state index >= 15 is 0 Å². The van der Waals surface area contributed by atoms with Gasteiger partial charge in [0.25, 0.3) is 0 Å². The highest BCUT2D eigenvalue weighted by atomic mass is 19.1. The van der Waals surface area contributed by atoms with Crippen LogP contribution in [0.4, 0.5) is 4.39 Å². The molecule has 0 radical (unpaired) electrons. The number of nitrogens with zero attached hydrogens (tertiary/aromatic N) is 1. The lowest BCUT2D eigenvalue weighted by molar-refractivity contribution is 0.164. The molecular formula is C17H25FN2O. The van der Waals surface area contributed by atoms with Gasteiger partial charge < -0.3 is 10.4 Å². The summed E-state index contributed by atoms with van der Waals surface area (Å²) in [6.45, 7) is 4.17. The van der Waals surface area contributed by atoms with Crippen molar-refractivity contribution in [2.75, 3.05) is 13.1 Å². The van der Waals surface area contributed by atoms with Gasteiger partial charge in [-0.05, 0) is 45.2 Å². The zero-order valence-corrected chi connectivity index (χ0v) is 12.7. The van der Waals surface area contributed by atoms with E-state index in [1.54, 1.807) is 12.1 Å². The zero-order valence-electron chi connectivity index (χ0n) is 12.7. The van der Waals surface area contributed by atoms with Crippen LogP contribution < -0.4 is 5.32 Å². The second-order valence-electron chi connectivity index (χ2n) is 6.46. The Balaban J connectivity index is 1.73. The molecule has 2 N–H and O–H groups in total. The van der Waals surface area contributed by atoms with Crippen molar-refractivity contribution in [1.29, 1.82) is 0 Å². The smallest absolute Gasteiger partial charge is 0.131 e. The van der Waals surface area contributed by atoms with E-state index in [1.807, 2.05) is 0 Å². The third-order valence-corrected chi connectivity index (χ3v) is 4.79. The van der Waals surface area contributed by atoms with Crippen molar-refractivity contribution in [3.05, 3.63) is 29.6 Å². The van der Waals surface area contributed by atoms with Crippen LogP contribution in [0.3, 0.4) is 0 Å². The molecule has 1 heterocycles. The molecule has 1 aromatic carbocycles. The molecule has 2 aliphatic rings. The molecule has 2 fully saturated rings. The van der Waals surface area contributed by atoms with Crippen molar-refractivity contribution in [3.8, 4) is 5.75 Å². The minimum Gasteiger partial charge on any atom is -0.508 e. The van der Waals surface area contributed by atoms with E-state index in [-0.39, 0.29) is 17.6 Å². The van der Waals surface area contributed by atoms with Crippen LogP contribution in [0.5, 0.6) is 5.75 Å². The van der Waals surface area contributed by atoms with Crippen LogP contribution in [0, 0.1) is 5.82 Å². The quantitative estimate of drug-likeness (QED) is 0.875. The molecule has 1 saturated heterocycles. The largest absolute Gasteiger partial charge is 0.508 e. The topological polar surface area (TPSA) is 35.5 Å². The van der Waals surface area contributed by atoms with Gasteiger partial charge in [0.1, 0.15) is 11.6 Å². The summed E-state index contributed by atoms with van der Waals surface area (Å²) < 4.78 is 14.1. The molecule has 116 valence electrons. The summed E-state index contributed by atoms with van der Waals surface area (Å²) >= 11 is 0. The van der Waals surface area contributed by atoms with Crippen LogP contribution in [-0.4, -0.2) is 35.2 Å². The van der Waals surface area contributed by atoms with Crippen molar-refractivity contribution in [2.24, 2.45) is 0 Å². The van der Waals surface area contributed by atoms with E-state index in [1.165, 1.54) is 38.2 Å². The molecule has 3 rings (SSSR count). The van der Waals surface area contributed by atoms with Gasteiger partial charge in [-0.15, -0.1) is 0 Å². The summed E-state index contributed by atoms with van der Waals surface area (Å²) in [6.07, 6.45) is 6.21. The minimum atomic E-state index is -0.301. The first-order valence-electron chi connectivity index (χ1n) is 8.12. The standard InChI is InChI=1S/C17H25FN2O/c1-12(16-8-7-15(21)10-17(16)18)20(14-5-6-14)11-13-4-2-3-9-19-13/h7-8,10,12-14,19,21H,2-6,9,11H2,1H3. The number of piperidine rings is 1. The van der Waals surface area contributed by atoms with Crippen molar-refractivity contribution in [2.45, 2.75) is 57.2 Å². The molecule has 1 saturated carbocycles. The van der Waals surface area contributed by atoms with Gasteiger partial charge in [-0.1, -0.05) is 12.5 Å². The van der Waals surface area contributed by atoms with Gasteiger partial charge in [-0.3, -0.25) is 4.90 Å². The van der Waals surface area contributed by atoms with E-state index in [2.05, 4.69) is 17.1 Å². The summed E-state index contributed by atoms with van der Waals surface area (Å²) in [5.41, 5.74) is 0.690. The van der Waals surface area contributed by atoms with E-state index in [4.69, 9.17) is 0 Å². The lowest BCUT2D eigenvalue weighted by Crippen LogP contribution is -2.45. The number of benzene rings is 1. The van der Waals surface area contributed by atoms with Gasteiger partial charge in [0.15, 0.2) is 0 Å². The highest BCUT2D eigenvalue weighted by Crippen LogP contribution is 2.36. The summed E-state index contributed by atoms with van der Waals surface area (Å²) in [6, 6.07) is 5.70. The Morgan fingerprint density at radius 1 is 1.33 bits per heavy atom. The Hall–Kier alpha value is -1.13. The average molecular weight is 292 g/mol. The Kier molecular flexibility index (Phi) is 4.45. The fourth-order valence-corrected chi connectivity index (χ4v) is 3.40. The highest BCUT2D eigenvalue weighted by molar-refractivity contribution is 5.30. The first-order valence-corrected chi connectivity index (χ1v) is 8.12. The molecular weight excluding hydrogens is 267 g/mol. The lowest BCUT2D eigenvalue weighted by atomic mass is 10.0. The summed E-state index contributed by atoms with van der Waals surface area (Å²) in [4.78, 5) is 2.44. The van der Waals surface area contributed by atoms with Gasteiger partial charge in [-0.25, -0.2) is 4.39 Å². The number of hydrogen-bond donors (Lipinski definition) is 2. The lowest BCUT2D eigenvalue weighted by Gasteiger charge is -2.35. The first-order chi connectivity index (χ1) is 10.1. The van der Waals surface area contributed by atoms with Gasteiger partial charge >= 0.3 is 0 Å². The number of hydrogen-bond acceptors (Lipinski definition) is 3. The number of aromatic hydroxyl groups is 1. The second kappa shape index (κ2) is 6.32. The SMILES string of the molecule is CC(c1ccc(O)cc1F)N(CC1CCCCN1)C1CC1. The summed E-state index contributed by atoms with van der Waals surface area (Å²) in [7, 11) is 0. The van der Waals surface area contributed by atoms with Crippen LogP contribution in [0.1, 0.15) is 50.6 Å². The van der Waals surface area contributed by atoms with E-state index in [0.29, 0.717) is 17.6 Å². The van der Waals surface area contributed by atoms with Crippen LogP contribution in [0.25, 0.3) is 0 Å². The van der Waals surface area contributed by atoms with Gasteiger partial charge in [0.05, 0.1) is 0 Å². The van der Waals surface area contributed by atoms with E-state index in [0.717, 1.165) is 13.1 Å². The van der Waals surface area contributed by atoms with E-state index in [9.17, 15) is 9.50 Å². The molecule has 1 aliphatic heterocycles. The Bertz CT molecular complexity index is 484. The maximum absolute atomic E-state index is 14.1. The number of rotatable bonds is 5. The molecule has 1 aliphatic carbocycles. The van der Waals surface area contributed by atoms with Crippen molar-refractivity contribution in [3.63, 3.8) is 0 Å². The van der Waals surface area contributed by atoms with E-state index < -0.39 is 0 Å². The third kappa shape index (κ3) is 3.55. The predicted molar refractivity (Wildman–Crippen MR) is 81.8 cm³/mol. The molecule has 0 bridgehead atoms. The molecule has 1 aromatic rings. The van der Waals surface area contributed by atoms with Crippen LogP contribution in [0.15, 0.2) is 18.2 Å². The monoisotopic (exact) mass is 292 g/mol. The maximum atomic E-state index is 14.1. The van der Waals surface area contributed by atoms with Gasteiger partial charge in [0, 0.05) is 36.3 Å². The number of halogens is 1. The number of nitrogens with one attached hydrogen (secondary N) is 1. The predicted octanol–water partition coefficient (Wildman–Crippen LogP) is 3.20. The number of phenolic OH excluding ortho intramolecular Hbond substituents is 1. The second-order valence-corrected chi connectivity index (χ2v) is 6.46. The van der Waals surface area contributed by atoms with Crippen molar-refractivity contribution < 1.29 is 9.50 Å². The average Bonchev–Trinajstić information content (AvgIpc) is 3.30. The zero-order chi connectivity index (χ0) is 14.8. The minimum absolute atomic E-state index is 0.00429. The Labute approximate surface area is 126 Å². The molecule has 0 spiro atoms.